The average molecular weight is 285 g/mol. The Morgan fingerprint density at radius 2 is 1.79 bits per heavy atom. The highest BCUT2D eigenvalue weighted by molar-refractivity contribution is 5.85. The molecule has 0 saturated carbocycles. The van der Waals surface area contributed by atoms with Crippen molar-refractivity contribution < 1.29 is 4.79 Å². The first kappa shape index (κ1) is 17.9. The summed E-state index contributed by atoms with van der Waals surface area (Å²) in [7, 11) is 0. The molecule has 2 N–H and O–H groups in total. The Balaban J connectivity index is 0.00000324. The summed E-state index contributed by atoms with van der Waals surface area (Å²) < 4.78 is 0. The molecule has 1 rings (SSSR count). The molecule has 0 bridgehead atoms. The Labute approximate surface area is 122 Å². The van der Waals surface area contributed by atoms with E-state index in [4.69, 9.17) is 5.73 Å². The van der Waals surface area contributed by atoms with Crippen LogP contribution in [0.5, 0.6) is 0 Å². The molecule has 0 spiro atoms. The van der Waals surface area contributed by atoms with E-state index in [1.165, 1.54) is 0 Å². The third-order valence-corrected chi connectivity index (χ3v) is 2.89. The molecular formula is C15H25ClN2O. The fourth-order valence-corrected chi connectivity index (χ4v) is 1.89. The third kappa shape index (κ3) is 6.08. The van der Waals surface area contributed by atoms with Crippen LogP contribution in [0, 0.1) is 11.8 Å². The number of rotatable bonds is 6. The fraction of sp³-hybridized carbons (Fsp3) is 0.533. The van der Waals surface area contributed by atoms with Gasteiger partial charge in [0.1, 0.15) is 0 Å². The van der Waals surface area contributed by atoms with E-state index in [-0.39, 0.29) is 24.2 Å². The lowest BCUT2D eigenvalue weighted by Crippen LogP contribution is -2.39. The first-order chi connectivity index (χ1) is 8.54. The van der Waals surface area contributed by atoms with Gasteiger partial charge in [0, 0.05) is 25.6 Å². The summed E-state index contributed by atoms with van der Waals surface area (Å²) in [4.78, 5) is 14.2. The minimum atomic E-state index is -0.104. The van der Waals surface area contributed by atoms with Crippen molar-refractivity contribution in [3.8, 4) is 0 Å². The van der Waals surface area contributed by atoms with Gasteiger partial charge in [-0.05, 0) is 11.5 Å². The molecule has 1 aromatic rings. The van der Waals surface area contributed by atoms with Crippen LogP contribution in [0.1, 0.15) is 26.3 Å². The Morgan fingerprint density at radius 3 is 2.26 bits per heavy atom. The fourth-order valence-electron chi connectivity index (χ4n) is 1.89. The van der Waals surface area contributed by atoms with Gasteiger partial charge in [-0.2, -0.15) is 0 Å². The van der Waals surface area contributed by atoms with Crippen molar-refractivity contribution in [2.45, 2.75) is 27.3 Å². The quantitative estimate of drug-likeness (QED) is 0.873. The van der Waals surface area contributed by atoms with Crippen molar-refractivity contribution in [2.24, 2.45) is 17.6 Å². The topological polar surface area (TPSA) is 46.3 Å². The largest absolute Gasteiger partial charge is 0.338 e. The molecule has 1 atom stereocenters. The Morgan fingerprint density at radius 1 is 1.21 bits per heavy atom. The van der Waals surface area contributed by atoms with Crippen LogP contribution in [0.15, 0.2) is 30.3 Å². The van der Waals surface area contributed by atoms with E-state index in [0.717, 1.165) is 12.1 Å². The van der Waals surface area contributed by atoms with Crippen LogP contribution in [0.25, 0.3) is 0 Å². The van der Waals surface area contributed by atoms with Crippen LogP contribution in [0.4, 0.5) is 0 Å². The van der Waals surface area contributed by atoms with Crippen molar-refractivity contribution in [1.29, 1.82) is 0 Å². The zero-order valence-electron chi connectivity index (χ0n) is 12.0. The van der Waals surface area contributed by atoms with Gasteiger partial charge in [0.05, 0.1) is 0 Å². The average Bonchev–Trinajstić information content (AvgIpc) is 2.37. The number of carbonyl (C=O) groups is 1. The number of halogens is 1. The zero-order chi connectivity index (χ0) is 13.5. The maximum atomic E-state index is 12.3. The van der Waals surface area contributed by atoms with Crippen LogP contribution < -0.4 is 5.73 Å². The van der Waals surface area contributed by atoms with Crippen molar-refractivity contribution in [2.75, 3.05) is 13.1 Å². The van der Waals surface area contributed by atoms with E-state index in [9.17, 15) is 4.79 Å². The summed E-state index contributed by atoms with van der Waals surface area (Å²) in [5.74, 6) is 0.505. The maximum Gasteiger partial charge on any atom is 0.226 e. The minimum absolute atomic E-state index is 0. The number of hydrogen-bond acceptors (Lipinski definition) is 2. The zero-order valence-corrected chi connectivity index (χ0v) is 12.8. The van der Waals surface area contributed by atoms with Gasteiger partial charge in [0.2, 0.25) is 5.91 Å². The highest BCUT2D eigenvalue weighted by Crippen LogP contribution is 2.11. The van der Waals surface area contributed by atoms with Gasteiger partial charge in [0.15, 0.2) is 0 Å². The van der Waals surface area contributed by atoms with Crippen LogP contribution in [-0.4, -0.2) is 23.9 Å². The van der Waals surface area contributed by atoms with Crippen molar-refractivity contribution in [3.05, 3.63) is 35.9 Å². The molecule has 0 saturated heterocycles. The number of nitrogens with two attached hydrogens (primary N) is 1. The predicted octanol–water partition coefficient (Wildman–Crippen LogP) is 2.69. The van der Waals surface area contributed by atoms with Gasteiger partial charge >= 0.3 is 0 Å². The summed E-state index contributed by atoms with van der Waals surface area (Å²) in [5, 5.41) is 0. The van der Waals surface area contributed by atoms with Crippen LogP contribution in [0.3, 0.4) is 0 Å². The second-order valence-electron chi connectivity index (χ2n) is 5.23. The van der Waals surface area contributed by atoms with E-state index >= 15 is 0 Å². The van der Waals surface area contributed by atoms with Crippen molar-refractivity contribution in [1.82, 2.24) is 4.90 Å². The highest BCUT2D eigenvalue weighted by Gasteiger charge is 2.20. The summed E-state index contributed by atoms with van der Waals surface area (Å²) >= 11 is 0. The van der Waals surface area contributed by atoms with Gasteiger partial charge < -0.3 is 10.6 Å². The van der Waals surface area contributed by atoms with E-state index in [1.807, 2.05) is 42.2 Å². The molecule has 0 aromatic heterocycles. The molecule has 19 heavy (non-hydrogen) atoms. The molecule has 108 valence electrons. The molecule has 4 heteroatoms. The molecule has 0 aliphatic heterocycles. The highest BCUT2D eigenvalue weighted by atomic mass is 35.5. The van der Waals surface area contributed by atoms with Gasteiger partial charge in [-0.3, -0.25) is 4.79 Å². The third-order valence-electron chi connectivity index (χ3n) is 2.89. The number of carbonyl (C=O) groups excluding carboxylic acids is 1. The lowest BCUT2D eigenvalue weighted by atomic mass is 10.1. The maximum absolute atomic E-state index is 12.3. The number of amides is 1. The normalized spacial score (nSPS) is 11.8. The standard InChI is InChI=1S/C15H24N2O.ClH/c1-12(2)10-17(15(18)13(3)9-16)11-14-7-5-4-6-8-14;/h4-8,12-13H,9-11,16H2,1-3H3;1H. The summed E-state index contributed by atoms with van der Waals surface area (Å²) in [6.07, 6.45) is 0. The number of hydrogen-bond donors (Lipinski definition) is 1. The molecule has 1 aromatic carbocycles. The minimum Gasteiger partial charge on any atom is -0.338 e. The molecule has 1 amide bonds. The summed E-state index contributed by atoms with van der Waals surface area (Å²) in [6.45, 7) is 7.99. The first-order valence-corrected chi connectivity index (χ1v) is 6.57. The molecule has 3 nitrogen and oxygen atoms in total. The van der Waals surface area contributed by atoms with E-state index in [2.05, 4.69) is 13.8 Å². The monoisotopic (exact) mass is 284 g/mol. The molecule has 0 fully saturated rings. The molecule has 1 unspecified atom stereocenters. The van der Waals surface area contributed by atoms with Gasteiger partial charge in [-0.25, -0.2) is 0 Å². The lowest BCUT2D eigenvalue weighted by molar-refractivity contribution is -0.135. The van der Waals surface area contributed by atoms with E-state index in [1.54, 1.807) is 0 Å². The Bertz CT molecular complexity index is 368. The molecule has 0 radical (unpaired) electrons. The van der Waals surface area contributed by atoms with Gasteiger partial charge in [-0.1, -0.05) is 51.1 Å². The lowest BCUT2D eigenvalue weighted by Gasteiger charge is -2.27. The smallest absolute Gasteiger partial charge is 0.226 e. The van der Waals surface area contributed by atoms with Gasteiger partial charge in [-0.15, -0.1) is 12.4 Å². The number of benzene rings is 1. The van der Waals surface area contributed by atoms with Crippen molar-refractivity contribution >= 4 is 18.3 Å². The number of nitrogens with zero attached hydrogens (tertiary/aromatic N) is 1. The molecule has 0 aliphatic carbocycles. The molecule has 0 heterocycles. The van der Waals surface area contributed by atoms with Crippen LogP contribution >= 0.6 is 12.4 Å². The van der Waals surface area contributed by atoms with E-state index < -0.39 is 0 Å². The van der Waals surface area contributed by atoms with Crippen LogP contribution in [0.2, 0.25) is 0 Å². The first-order valence-electron chi connectivity index (χ1n) is 6.57. The second-order valence-corrected chi connectivity index (χ2v) is 5.23. The molecular weight excluding hydrogens is 260 g/mol. The van der Waals surface area contributed by atoms with E-state index in [0.29, 0.717) is 19.0 Å². The summed E-state index contributed by atoms with van der Waals surface area (Å²) in [6, 6.07) is 10.1. The molecule has 0 aliphatic rings. The van der Waals surface area contributed by atoms with Gasteiger partial charge in [0.25, 0.3) is 0 Å². The second kappa shape index (κ2) is 8.94. The SMILES string of the molecule is CC(C)CN(Cc1ccccc1)C(=O)C(C)CN.Cl. The van der Waals surface area contributed by atoms with Crippen LogP contribution in [-0.2, 0) is 11.3 Å². The Kier molecular flexibility index (Phi) is 8.44. The predicted molar refractivity (Wildman–Crippen MR) is 82.2 cm³/mol. The summed E-state index contributed by atoms with van der Waals surface area (Å²) in [5.41, 5.74) is 6.75. The van der Waals surface area contributed by atoms with Crippen molar-refractivity contribution in [3.63, 3.8) is 0 Å². The Hall–Kier alpha value is -1.06.